The molecule has 21 heavy (non-hydrogen) atoms. The fourth-order valence-electron chi connectivity index (χ4n) is 1.93. The van der Waals surface area contributed by atoms with Gasteiger partial charge < -0.3 is 5.32 Å². The fourth-order valence-corrected chi connectivity index (χ4v) is 2.33. The van der Waals surface area contributed by atoms with Gasteiger partial charge in [-0.15, -0.1) is 0 Å². The number of nitro benzene ring substituents is 1. The molecule has 0 radical (unpaired) electrons. The van der Waals surface area contributed by atoms with Crippen LogP contribution in [0.4, 0.5) is 11.4 Å². The maximum atomic E-state index is 12.3. The topological polar surface area (TPSA) is 72.2 Å². The number of amides is 1. The summed E-state index contributed by atoms with van der Waals surface area (Å²) in [5, 5.41) is 13.7. The summed E-state index contributed by atoms with van der Waals surface area (Å²) >= 11 is 3.29. The highest BCUT2D eigenvalue weighted by atomic mass is 79.9. The molecule has 0 spiro atoms. The monoisotopic (exact) mass is 348 g/mol. The van der Waals surface area contributed by atoms with E-state index >= 15 is 0 Å². The van der Waals surface area contributed by atoms with Gasteiger partial charge in [0.15, 0.2) is 0 Å². The Morgan fingerprint density at radius 2 is 1.95 bits per heavy atom. The summed E-state index contributed by atoms with van der Waals surface area (Å²) in [4.78, 5) is 22.9. The van der Waals surface area contributed by atoms with Crippen LogP contribution in [0.25, 0.3) is 0 Å². The van der Waals surface area contributed by atoms with Crippen LogP contribution in [0.2, 0.25) is 0 Å². The highest BCUT2D eigenvalue weighted by molar-refractivity contribution is 9.10. The van der Waals surface area contributed by atoms with Gasteiger partial charge in [0.25, 0.3) is 11.6 Å². The van der Waals surface area contributed by atoms with Gasteiger partial charge in [-0.05, 0) is 43.2 Å². The second-order valence-corrected chi connectivity index (χ2v) is 5.54. The van der Waals surface area contributed by atoms with Crippen molar-refractivity contribution in [2.45, 2.75) is 13.8 Å². The van der Waals surface area contributed by atoms with Gasteiger partial charge in [-0.1, -0.05) is 28.1 Å². The van der Waals surface area contributed by atoms with Crippen LogP contribution in [0.3, 0.4) is 0 Å². The van der Waals surface area contributed by atoms with Crippen molar-refractivity contribution in [2.75, 3.05) is 5.32 Å². The minimum absolute atomic E-state index is 0.110. The molecule has 1 amide bonds. The van der Waals surface area contributed by atoms with Gasteiger partial charge in [0, 0.05) is 16.1 Å². The Labute approximate surface area is 130 Å². The Morgan fingerprint density at radius 3 is 2.57 bits per heavy atom. The van der Waals surface area contributed by atoms with E-state index < -0.39 is 4.92 Å². The van der Waals surface area contributed by atoms with Crippen LogP contribution in [0.5, 0.6) is 0 Å². The maximum Gasteiger partial charge on any atom is 0.293 e. The third-order valence-corrected chi connectivity index (χ3v) is 3.73. The Hall–Kier alpha value is -2.21. The van der Waals surface area contributed by atoms with Crippen molar-refractivity contribution in [2.24, 2.45) is 0 Å². The van der Waals surface area contributed by atoms with Crippen LogP contribution in [0.1, 0.15) is 21.5 Å². The summed E-state index contributed by atoms with van der Waals surface area (Å²) in [5.74, 6) is -0.381. The van der Waals surface area contributed by atoms with E-state index in [0.29, 0.717) is 11.1 Å². The number of hydrogen-bond acceptors (Lipinski definition) is 3. The molecule has 0 fully saturated rings. The molecular formula is C15H13BrN2O3. The van der Waals surface area contributed by atoms with Gasteiger partial charge in [-0.25, -0.2) is 0 Å². The van der Waals surface area contributed by atoms with Gasteiger partial charge in [0.05, 0.1) is 4.92 Å². The van der Waals surface area contributed by atoms with Crippen LogP contribution in [0.15, 0.2) is 40.9 Å². The molecule has 0 unspecified atom stereocenters. The smallest absolute Gasteiger partial charge is 0.293 e. The normalized spacial score (nSPS) is 10.2. The van der Waals surface area contributed by atoms with Gasteiger partial charge in [0.2, 0.25) is 0 Å². The van der Waals surface area contributed by atoms with E-state index in [-0.39, 0.29) is 17.3 Å². The number of carbonyl (C=O) groups excluding carboxylic acids is 1. The lowest BCUT2D eigenvalue weighted by Crippen LogP contribution is -2.14. The Morgan fingerprint density at radius 1 is 1.24 bits per heavy atom. The summed E-state index contributed by atoms with van der Waals surface area (Å²) in [6.07, 6.45) is 0. The first-order valence-corrected chi connectivity index (χ1v) is 7.01. The molecule has 2 aromatic rings. The van der Waals surface area contributed by atoms with Crippen molar-refractivity contribution in [3.63, 3.8) is 0 Å². The van der Waals surface area contributed by atoms with Gasteiger partial charge in [0.1, 0.15) is 5.69 Å². The summed E-state index contributed by atoms with van der Waals surface area (Å²) in [7, 11) is 0. The van der Waals surface area contributed by atoms with Crippen LogP contribution in [0, 0.1) is 24.0 Å². The molecule has 2 aromatic carbocycles. The van der Waals surface area contributed by atoms with Gasteiger partial charge >= 0.3 is 0 Å². The van der Waals surface area contributed by atoms with Crippen LogP contribution in [-0.4, -0.2) is 10.8 Å². The third-order valence-electron chi connectivity index (χ3n) is 3.24. The molecule has 0 aliphatic rings. The number of rotatable bonds is 3. The lowest BCUT2D eigenvalue weighted by Gasteiger charge is -2.11. The largest absolute Gasteiger partial charge is 0.316 e. The second kappa shape index (κ2) is 6.05. The van der Waals surface area contributed by atoms with Crippen molar-refractivity contribution in [3.05, 3.63) is 67.7 Å². The lowest BCUT2D eigenvalue weighted by molar-refractivity contribution is -0.384. The zero-order valence-electron chi connectivity index (χ0n) is 11.5. The van der Waals surface area contributed by atoms with E-state index in [1.54, 1.807) is 37.3 Å². The van der Waals surface area contributed by atoms with Crippen molar-refractivity contribution in [1.82, 2.24) is 0 Å². The molecule has 0 atom stereocenters. The number of nitrogens with one attached hydrogen (secondary N) is 1. The molecule has 2 rings (SSSR count). The number of hydrogen-bond donors (Lipinski definition) is 1. The van der Waals surface area contributed by atoms with E-state index in [9.17, 15) is 14.9 Å². The van der Waals surface area contributed by atoms with Crippen LogP contribution >= 0.6 is 15.9 Å². The van der Waals surface area contributed by atoms with Crippen LogP contribution < -0.4 is 5.32 Å². The summed E-state index contributed by atoms with van der Waals surface area (Å²) in [6, 6.07) is 9.91. The zero-order chi connectivity index (χ0) is 15.6. The van der Waals surface area contributed by atoms with E-state index in [0.717, 1.165) is 10.0 Å². The Kier molecular flexibility index (Phi) is 4.37. The van der Waals surface area contributed by atoms with Crippen molar-refractivity contribution in [3.8, 4) is 0 Å². The average molecular weight is 349 g/mol. The molecule has 0 aliphatic heterocycles. The van der Waals surface area contributed by atoms with Crippen LogP contribution in [-0.2, 0) is 0 Å². The maximum absolute atomic E-state index is 12.3. The summed E-state index contributed by atoms with van der Waals surface area (Å²) in [5.41, 5.74) is 2.13. The minimum atomic E-state index is -0.497. The molecule has 1 N–H and O–H groups in total. The Bertz CT molecular complexity index is 729. The predicted molar refractivity (Wildman–Crippen MR) is 84.7 cm³/mol. The number of carbonyl (C=O) groups is 1. The molecule has 6 heteroatoms. The highest BCUT2D eigenvalue weighted by Crippen LogP contribution is 2.30. The first-order chi connectivity index (χ1) is 9.90. The van der Waals surface area contributed by atoms with Crippen molar-refractivity contribution < 1.29 is 9.72 Å². The Balaban J connectivity index is 2.41. The first-order valence-electron chi connectivity index (χ1n) is 6.21. The van der Waals surface area contributed by atoms with Crippen molar-refractivity contribution >= 4 is 33.2 Å². The van der Waals surface area contributed by atoms with Gasteiger partial charge in [-0.3, -0.25) is 14.9 Å². The zero-order valence-corrected chi connectivity index (χ0v) is 13.1. The summed E-state index contributed by atoms with van der Waals surface area (Å²) in [6.45, 7) is 3.59. The summed E-state index contributed by atoms with van der Waals surface area (Å²) < 4.78 is 0.769. The molecule has 0 aliphatic carbocycles. The molecule has 0 saturated carbocycles. The number of nitrogens with zero attached hydrogens (tertiary/aromatic N) is 1. The quantitative estimate of drug-likeness (QED) is 0.666. The van der Waals surface area contributed by atoms with Crippen molar-refractivity contribution in [1.29, 1.82) is 0 Å². The van der Waals surface area contributed by atoms with E-state index in [1.165, 1.54) is 6.07 Å². The molecular weight excluding hydrogens is 336 g/mol. The molecule has 0 saturated heterocycles. The van der Waals surface area contributed by atoms with E-state index in [2.05, 4.69) is 21.2 Å². The standard InChI is InChI=1S/C15H13BrN2O3/c1-9-6-7-13(18(20)21)14(10(9)2)17-15(19)11-4-3-5-12(16)8-11/h3-8H,1-2H3,(H,17,19). The lowest BCUT2D eigenvalue weighted by atomic mass is 10.1. The fraction of sp³-hybridized carbons (Fsp3) is 0.133. The molecule has 0 bridgehead atoms. The number of nitro groups is 1. The van der Waals surface area contributed by atoms with E-state index in [1.807, 2.05) is 6.92 Å². The molecule has 108 valence electrons. The molecule has 5 nitrogen and oxygen atoms in total. The van der Waals surface area contributed by atoms with Gasteiger partial charge in [-0.2, -0.15) is 0 Å². The highest BCUT2D eigenvalue weighted by Gasteiger charge is 2.20. The predicted octanol–water partition coefficient (Wildman–Crippen LogP) is 4.23. The number of aryl methyl sites for hydroxylation is 1. The number of anilines is 1. The SMILES string of the molecule is Cc1ccc([N+](=O)[O-])c(NC(=O)c2cccc(Br)c2)c1C. The number of benzene rings is 2. The molecule has 0 aromatic heterocycles. The average Bonchev–Trinajstić information content (AvgIpc) is 2.43. The second-order valence-electron chi connectivity index (χ2n) is 4.62. The molecule has 0 heterocycles. The first kappa shape index (κ1) is 15.2. The minimum Gasteiger partial charge on any atom is -0.316 e. The van der Waals surface area contributed by atoms with E-state index in [4.69, 9.17) is 0 Å². The number of halogens is 1. The third kappa shape index (κ3) is 3.28.